The van der Waals surface area contributed by atoms with Crippen LogP contribution < -0.4 is 4.74 Å². The van der Waals surface area contributed by atoms with Crippen molar-refractivity contribution in [1.29, 1.82) is 0 Å². The van der Waals surface area contributed by atoms with Gasteiger partial charge in [0.1, 0.15) is 11.3 Å². The van der Waals surface area contributed by atoms with Gasteiger partial charge in [-0.2, -0.15) is 0 Å². The Hall–Kier alpha value is -4.25. The van der Waals surface area contributed by atoms with E-state index in [0.717, 1.165) is 30.5 Å². The molecule has 8 nitrogen and oxygen atoms in total. The van der Waals surface area contributed by atoms with E-state index in [0.29, 0.717) is 53.4 Å². The van der Waals surface area contributed by atoms with Crippen LogP contribution >= 0.6 is 0 Å². The molecule has 1 saturated heterocycles. The topological polar surface area (TPSA) is 108 Å². The summed E-state index contributed by atoms with van der Waals surface area (Å²) in [7, 11) is 1.57. The lowest BCUT2D eigenvalue weighted by molar-refractivity contribution is 0.123. The Morgan fingerprint density at radius 3 is 2.80 bits per heavy atom. The summed E-state index contributed by atoms with van der Waals surface area (Å²) in [4.78, 5) is 12.5. The van der Waals surface area contributed by atoms with Crippen molar-refractivity contribution in [3.05, 3.63) is 53.3 Å². The molecule has 3 aromatic rings. The molecule has 0 saturated carbocycles. The molecule has 0 aliphatic carbocycles. The van der Waals surface area contributed by atoms with Crippen molar-refractivity contribution in [2.45, 2.75) is 25.7 Å². The zero-order chi connectivity index (χ0) is 24.4. The monoisotopic (exact) mass is 471 g/mol. The number of fused-ring (bicyclic) bond motifs is 2. The van der Waals surface area contributed by atoms with Crippen molar-refractivity contribution >= 4 is 34.5 Å². The molecule has 178 valence electrons. The molecular weight excluding hydrogens is 446 g/mol. The van der Waals surface area contributed by atoms with E-state index >= 15 is 0 Å². The van der Waals surface area contributed by atoms with Crippen molar-refractivity contribution in [2.24, 2.45) is 16.1 Å². The Morgan fingerprint density at radius 1 is 1.23 bits per heavy atom. The molecule has 5 rings (SSSR count). The fourth-order valence-electron chi connectivity index (χ4n) is 4.54. The van der Waals surface area contributed by atoms with Gasteiger partial charge in [-0.15, -0.1) is 10.2 Å². The van der Waals surface area contributed by atoms with Crippen molar-refractivity contribution in [3.63, 3.8) is 0 Å². The number of hydrogen-bond acceptors (Lipinski definition) is 6. The van der Waals surface area contributed by atoms with Crippen molar-refractivity contribution in [2.75, 3.05) is 20.2 Å². The second-order valence-electron chi connectivity index (χ2n) is 8.63. The van der Waals surface area contributed by atoms with Gasteiger partial charge in [0.25, 0.3) is 0 Å². The Balaban J connectivity index is 1.38. The molecule has 8 heteroatoms. The number of nitrogens with zero attached hydrogens (tertiary/aromatic N) is 3. The van der Waals surface area contributed by atoms with Gasteiger partial charge in [0.15, 0.2) is 17.1 Å². The third kappa shape index (κ3) is 4.45. The molecule has 0 radical (unpaired) electrons. The maximum absolute atomic E-state index is 11.1. The van der Waals surface area contributed by atoms with Gasteiger partial charge >= 0.3 is 6.09 Å². The average molecular weight is 472 g/mol. The quantitative estimate of drug-likeness (QED) is 0.436. The maximum Gasteiger partial charge on any atom is 0.407 e. The molecule has 1 aromatic heterocycles. The fourth-order valence-corrected chi connectivity index (χ4v) is 4.54. The normalized spacial score (nSPS) is 16.4. The van der Waals surface area contributed by atoms with Crippen LogP contribution in [0.4, 0.5) is 10.5 Å². The molecule has 1 amide bonds. The molecular formula is C27H25N3O5. The zero-order valence-corrected chi connectivity index (χ0v) is 19.3. The summed E-state index contributed by atoms with van der Waals surface area (Å²) in [6, 6.07) is 11.1. The van der Waals surface area contributed by atoms with Gasteiger partial charge in [0.2, 0.25) is 0 Å². The number of carbonyl (C=O) groups is 1. The van der Waals surface area contributed by atoms with Crippen molar-refractivity contribution < 1.29 is 24.2 Å². The van der Waals surface area contributed by atoms with Crippen LogP contribution in [-0.2, 0) is 0 Å². The van der Waals surface area contributed by atoms with Gasteiger partial charge in [-0.05, 0) is 43.4 Å². The first kappa shape index (κ1) is 22.5. The maximum atomic E-state index is 11.1. The summed E-state index contributed by atoms with van der Waals surface area (Å²) >= 11 is 0. The third-order valence-electron chi connectivity index (χ3n) is 6.53. The molecule has 0 bridgehead atoms. The second kappa shape index (κ2) is 9.55. The van der Waals surface area contributed by atoms with Gasteiger partial charge in [-0.1, -0.05) is 30.0 Å². The number of rotatable bonds is 4. The molecule has 2 aliphatic heterocycles. The largest absolute Gasteiger partial charge is 0.504 e. The molecule has 1 fully saturated rings. The number of hydrogen-bond donors (Lipinski definition) is 2. The number of azo groups is 1. The van der Waals surface area contributed by atoms with Crippen LogP contribution in [0.15, 0.2) is 51.0 Å². The summed E-state index contributed by atoms with van der Waals surface area (Å²) in [6.45, 7) is 1.16. The van der Waals surface area contributed by atoms with Gasteiger partial charge in [0, 0.05) is 31.1 Å². The highest BCUT2D eigenvalue weighted by molar-refractivity contribution is 5.96. The molecule has 2 N–H and O–H groups in total. The number of ether oxygens (including phenoxy) is 1. The first-order chi connectivity index (χ1) is 17.0. The standard InChI is InChI=1S/C27H25N3O5/c1-34-23-11-10-20-25(31)24(16-22-18-7-4-5-9-21(18)28-29-22)35-26(20)19(23)8-3-2-6-17-12-14-30(15-13-17)27(32)33/h4-5,7,9-11,16-17,31H,2,6,12-15H2,1H3,(H,32,33). The summed E-state index contributed by atoms with van der Waals surface area (Å²) in [6.07, 6.45) is 4.13. The summed E-state index contributed by atoms with van der Waals surface area (Å²) in [5.74, 6) is 7.72. The average Bonchev–Trinajstić information content (AvgIpc) is 3.43. The number of likely N-dealkylation sites (tertiary alicyclic amines) is 1. The lowest BCUT2D eigenvalue weighted by Gasteiger charge is -2.29. The van der Waals surface area contributed by atoms with E-state index in [1.807, 2.05) is 24.3 Å². The van der Waals surface area contributed by atoms with E-state index in [1.54, 1.807) is 25.3 Å². The molecule has 2 aromatic carbocycles. The Bertz CT molecular complexity index is 1400. The number of carboxylic acid groups (broad SMARTS) is 1. The van der Waals surface area contributed by atoms with E-state index < -0.39 is 6.09 Å². The molecule has 0 atom stereocenters. The van der Waals surface area contributed by atoms with Crippen LogP contribution in [0.3, 0.4) is 0 Å². The Kier molecular flexibility index (Phi) is 6.15. The lowest BCUT2D eigenvalue weighted by atomic mass is 9.92. The summed E-state index contributed by atoms with van der Waals surface area (Å²) in [5.41, 5.74) is 3.30. The van der Waals surface area contributed by atoms with Crippen LogP contribution in [0.1, 0.15) is 42.6 Å². The highest BCUT2D eigenvalue weighted by Crippen LogP contribution is 2.41. The van der Waals surface area contributed by atoms with Gasteiger partial charge < -0.3 is 24.3 Å². The minimum absolute atomic E-state index is 0.0166. The van der Waals surface area contributed by atoms with Crippen LogP contribution in [0, 0.1) is 17.8 Å². The number of amides is 1. The number of benzene rings is 2. The Morgan fingerprint density at radius 2 is 2.03 bits per heavy atom. The summed E-state index contributed by atoms with van der Waals surface area (Å²) < 4.78 is 11.6. The van der Waals surface area contributed by atoms with Crippen LogP contribution in [0.2, 0.25) is 0 Å². The van der Waals surface area contributed by atoms with E-state index in [9.17, 15) is 9.90 Å². The molecule has 35 heavy (non-hydrogen) atoms. The first-order valence-electron chi connectivity index (χ1n) is 11.6. The van der Waals surface area contributed by atoms with E-state index in [1.165, 1.54) is 4.90 Å². The molecule has 2 aliphatic rings. The number of methoxy groups -OCH3 is 1. The minimum atomic E-state index is -0.847. The van der Waals surface area contributed by atoms with E-state index in [4.69, 9.17) is 14.3 Å². The molecule has 0 unspecified atom stereocenters. The number of piperidine rings is 1. The molecule has 0 spiro atoms. The van der Waals surface area contributed by atoms with Gasteiger partial charge in [-0.25, -0.2) is 4.79 Å². The Labute approximate surface area is 202 Å². The summed E-state index contributed by atoms with van der Waals surface area (Å²) in [5, 5.41) is 28.9. The van der Waals surface area contributed by atoms with Gasteiger partial charge in [0.05, 0.1) is 23.9 Å². The van der Waals surface area contributed by atoms with Crippen molar-refractivity contribution in [3.8, 4) is 23.3 Å². The number of furan rings is 1. The predicted octanol–water partition coefficient (Wildman–Crippen LogP) is 6.26. The fraction of sp³-hybridized carbons (Fsp3) is 0.296. The second-order valence-corrected chi connectivity index (χ2v) is 8.63. The number of aromatic hydroxyl groups is 1. The SMILES string of the molecule is COc1ccc2c(O)c(C=C3N=Nc4ccccc43)oc2c1C#CCCC1CCN(C(=O)O)CC1. The van der Waals surface area contributed by atoms with Crippen LogP contribution in [0.5, 0.6) is 11.5 Å². The predicted molar refractivity (Wildman–Crippen MR) is 132 cm³/mol. The lowest BCUT2D eigenvalue weighted by Crippen LogP contribution is -2.37. The highest BCUT2D eigenvalue weighted by atomic mass is 16.5. The molecule has 3 heterocycles. The van der Waals surface area contributed by atoms with E-state index in [2.05, 4.69) is 22.1 Å². The van der Waals surface area contributed by atoms with Crippen LogP contribution in [0.25, 0.3) is 22.7 Å². The first-order valence-corrected chi connectivity index (χ1v) is 11.6. The third-order valence-corrected chi connectivity index (χ3v) is 6.53. The minimum Gasteiger partial charge on any atom is -0.504 e. The van der Waals surface area contributed by atoms with Gasteiger partial charge in [-0.3, -0.25) is 0 Å². The van der Waals surface area contributed by atoms with Crippen LogP contribution in [-0.4, -0.2) is 41.4 Å². The zero-order valence-electron chi connectivity index (χ0n) is 19.3. The van der Waals surface area contributed by atoms with E-state index in [-0.39, 0.29) is 11.5 Å². The van der Waals surface area contributed by atoms with Crippen molar-refractivity contribution in [1.82, 2.24) is 4.90 Å². The highest BCUT2D eigenvalue weighted by Gasteiger charge is 2.22. The smallest absolute Gasteiger partial charge is 0.407 e.